The normalized spacial score (nSPS) is 25.8. The van der Waals surface area contributed by atoms with Gasteiger partial charge in [-0.25, -0.2) is 4.98 Å². The summed E-state index contributed by atoms with van der Waals surface area (Å²) in [5.74, 6) is -1.63. The zero-order valence-electron chi connectivity index (χ0n) is 46.4. The number of carbonyl (C=O) groups excluding carboxylic acids is 6. The molecular formula is C59H73N11O8S. The second-order valence-corrected chi connectivity index (χ2v) is 24.9. The van der Waals surface area contributed by atoms with E-state index in [0.717, 1.165) is 97.1 Å². The van der Waals surface area contributed by atoms with E-state index >= 15 is 0 Å². The summed E-state index contributed by atoms with van der Waals surface area (Å²) >= 11 is 1.67. The number of rotatable bonds is 11. The number of thiophene rings is 1. The third-order valence-corrected chi connectivity index (χ3v) is 19.3. The number of likely N-dealkylation sites (tertiary alicyclic amines) is 1. The Morgan fingerprint density at radius 3 is 2.38 bits per heavy atom. The summed E-state index contributed by atoms with van der Waals surface area (Å²) in [6, 6.07) is 9.73. The molecule has 19 nitrogen and oxygen atoms in total. The molecule has 6 amide bonds. The number of carbonyl (C=O) groups is 6. The summed E-state index contributed by atoms with van der Waals surface area (Å²) in [5, 5.41) is 17.8. The summed E-state index contributed by atoms with van der Waals surface area (Å²) in [5.41, 5.74) is 5.77. The number of fused-ring (bicyclic) bond motifs is 4. The lowest BCUT2D eigenvalue weighted by Gasteiger charge is -2.48. The number of aliphatic hydroxyl groups is 1. The minimum atomic E-state index is -1.00. The molecule has 7 atom stereocenters. The van der Waals surface area contributed by atoms with Crippen LogP contribution in [0.5, 0.6) is 0 Å². The molecule has 1 aliphatic carbocycles. The number of likely N-dealkylation sites (N-methyl/N-ethyl adjacent to an activating group) is 1. The molecule has 3 N–H and O–H groups in total. The Morgan fingerprint density at radius 1 is 0.848 bits per heavy atom. The molecule has 5 unspecified atom stereocenters. The molecule has 0 spiro atoms. The van der Waals surface area contributed by atoms with Crippen LogP contribution in [0.4, 0.5) is 34.4 Å². The molecule has 2 aromatic heterocycles. The number of piperidine rings is 3. The van der Waals surface area contributed by atoms with Gasteiger partial charge in [0.25, 0.3) is 29.2 Å². The second kappa shape index (κ2) is 21.0. The van der Waals surface area contributed by atoms with Crippen LogP contribution in [0, 0.1) is 5.41 Å². The minimum Gasteiger partial charge on any atom is -0.391 e. The third-order valence-electron chi connectivity index (χ3n) is 18.1. The fourth-order valence-electron chi connectivity index (χ4n) is 13.9. The molecule has 4 fully saturated rings. The van der Waals surface area contributed by atoms with Gasteiger partial charge in [0.05, 0.1) is 45.6 Å². The van der Waals surface area contributed by atoms with E-state index in [4.69, 9.17) is 4.98 Å². The molecule has 4 saturated heterocycles. The van der Waals surface area contributed by atoms with Gasteiger partial charge in [-0.3, -0.25) is 48.3 Å². The number of anilines is 6. The Balaban J connectivity index is 0.762. The van der Waals surface area contributed by atoms with Crippen LogP contribution < -0.4 is 30.9 Å². The first-order valence-electron chi connectivity index (χ1n) is 28.1. The van der Waals surface area contributed by atoms with Crippen LogP contribution in [0.3, 0.4) is 0 Å². The topological polar surface area (TPSA) is 204 Å². The number of hydrogen-bond acceptors (Lipinski definition) is 15. The average Bonchev–Trinajstić information content (AvgIpc) is 4.12. The summed E-state index contributed by atoms with van der Waals surface area (Å²) in [7, 11) is 3.06. The van der Waals surface area contributed by atoms with E-state index in [1.165, 1.54) is 33.7 Å². The lowest BCUT2D eigenvalue weighted by molar-refractivity contribution is -0.149. The van der Waals surface area contributed by atoms with Crippen LogP contribution in [0.15, 0.2) is 60.0 Å². The molecule has 7 aliphatic rings. The van der Waals surface area contributed by atoms with E-state index in [-0.39, 0.29) is 76.6 Å². The molecule has 6 aliphatic heterocycles. The SMILES string of the molecule is C=CC(=O)Nc1cc(Nc2nc(N3CCCC(N4CCc5c(sc6c5CCC(C)(C)C6)C4=O)C3C(C)O)cn(C)c2=O)ccc1N1CCN(C2CCN(c3ccc4c(c3)C(=O)N(C3CCC(=O)N(C)C3=O)C4=O)[C@H](C)C2)C[C@@H]1C. The number of aromatic nitrogens is 2. The predicted molar refractivity (Wildman–Crippen MR) is 305 cm³/mol. The second-order valence-electron chi connectivity index (χ2n) is 23.8. The lowest BCUT2D eigenvalue weighted by Crippen LogP contribution is -2.62. The van der Waals surface area contributed by atoms with E-state index in [9.17, 15) is 38.7 Å². The van der Waals surface area contributed by atoms with Gasteiger partial charge in [-0.1, -0.05) is 20.4 Å². The first kappa shape index (κ1) is 54.1. The highest BCUT2D eigenvalue weighted by atomic mass is 32.1. The van der Waals surface area contributed by atoms with Gasteiger partial charge in [-0.15, -0.1) is 11.3 Å². The zero-order valence-corrected chi connectivity index (χ0v) is 47.2. The molecular weight excluding hydrogens is 1020 g/mol. The van der Waals surface area contributed by atoms with Crippen molar-refractivity contribution in [2.45, 2.75) is 141 Å². The first-order valence-corrected chi connectivity index (χ1v) is 28.9. The molecule has 4 aromatic rings. The maximum Gasteiger partial charge on any atom is 0.293 e. The van der Waals surface area contributed by atoms with Crippen LogP contribution in [0.25, 0.3) is 0 Å². The van der Waals surface area contributed by atoms with Crippen molar-refractivity contribution in [2.75, 3.05) is 71.6 Å². The van der Waals surface area contributed by atoms with Crippen molar-refractivity contribution in [3.05, 3.63) is 97.6 Å². The molecule has 11 rings (SSSR count). The van der Waals surface area contributed by atoms with Gasteiger partial charge in [-0.2, -0.15) is 0 Å². The monoisotopic (exact) mass is 1100 g/mol. The fraction of sp³-hybridized carbons (Fsp3) is 0.525. The average molecular weight is 1100 g/mol. The van der Waals surface area contributed by atoms with Gasteiger partial charge < -0.3 is 39.9 Å². The van der Waals surface area contributed by atoms with Gasteiger partial charge in [0.2, 0.25) is 11.8 Å². The molecule has 0 saturated carbocycles. The van der Waals surface area contributed by atoms with E-state index in [0.29, 0.717) is 42.9 Å². The van der Waals surface area contributed by atoms with E-state index < -0.39 is 35.9 Å². The van der Waals surface area contributed by atoms with Crippen LogP contribution >= 0.6 is 11.3 Å². The van der Waals surface area contributed by atoms with E-state index in [1.54, 1.807) is 43.6 Å². The van der Waals surface area contributed by atoms with Crippen molar-refractivity contribution in [1.82, 2.24) is 29.2 Å². The highest BCUT2D eigenvalue weighted by Crippen LogP contribution is 2.45. The van der Waals surface area contributed by atoms with Crippen LogP contribution in [0.2, 0.25) is 0 Å². The van der Waals surface area contributed by atoms with Crippen LogP contribution in [-0.2, 0) is 40.7 Å². The quantitative estimate of drug-likeness (QED) is 0.117. The maximum atomic E-state index is 14.5. The molecule has 79 heavy (non-hydrogen) atoms. The Bertz CT molecular complexity index is 3240. The first-order chi connectivity index (χ1) is 37.7. The molecule has 418 valence electrons. The highest BCUT2D eigenvalue weighted by Gasteiger charge is 2.48. The van der Waals surface area contributed by atoms with Gasteiger partial charge in [0, 0.05) is 100 Å². The van der Waals surface area contributed by atoms with Crippen molar-refractivity contribution >= 4 is 81.2 Å². The Hall–Kier alpha value is -6.90. The zero-order chi connectivity index (χ0) is 55.9. The molecule has 2 aromatic carbocycles. The number of aryl methyl sites for hydroxylation is 1. The number of hydrogen-bond donors (Lipinski definition) is 3. The van der Waals surface area contributed by atoms with E-state index in [1.807, 2.05) is 29.2 Å². The number of nitrogens with zero attached hydrogens (tertiary/aromatic N) is 9. The van der Waals surface area contributed by atoms with Crippen LogP contribution in [-0.4, -0.2) is 158 Å². The van der Waals surface area contributed by atoms with Gasteiger partial charge in [-0.05, 0) is 138 Å². The fourth-order valence-corrected chi connectivity index (χ4v) is 15.5. The number of benzene rings is 2. The number of aliphatic hydroxyl groups excluding tert-OH is 1. The molecule has 8 heterocycles. The predicted octanol–water partition coefficient (Wildman–Crippen LogP) is 5.95. The molecule has 0 bridgehead atoms. The van der Waals surface area contributed by atoms with Crippen molar-refractivity contribution in [1.29, 1.82) is 0 Å². The highest BCUT2D eigenvalue weighted by molar-refractivity contribution is 7.14. The summed E-state index contributed by atoms with van der Waals surface area (Å²) in [6.07, 6.45) is 9.51. The van der Waals surface area contributed by atoms with Gasteiger partial charge in [0.1, 0.15) is 11.9 Å². The lowest BCUT2D eigenvalue weighted by atomic mass is 9.76. The minimum absolute atomic E-state index is 0.0479. The molecule has 0 radical (unpaired) electrons. The maximum absolute atomic E-state index is 14.5. The molecule has 20 heteroatoms. The smallest absolute Gasteiger partial charge is 0.293 e. The largest absolute Gasteiger partial charge is 0.391 e. The van der Waals surface area contributed by atoms with Crippen molar-refractivity contribution < 1.29 is 33.9 Å². The van der Waals surface area contributed by atoms with Crippen molar-refractivity contribution in [3.63, 3.8) is 0 Å². The Morgan fingerprint density at radius 2 is 1.63 bits per heavy atom. The van der Waals surface area contributed by atoms with Crippen molar-refractivity contribution in [3.8, 4) is 0 Å². The van der Waals surface area contributed by atoms with E-state index in [2.05, 4.69) is 64.5 Å². The summed E-state index contributed by atoms with van der Waals surface area (Å²) in [4.78, 5) is 114. The number of piperazine rings is 1. The number of imide groups is 2. The van der Waals surface area contributed by atoms with Gasteiger partial charge >= 0.3 is 0 Å². The van der Waals surface area contributed by atoms with Crippen LogP contribution in [0.1, 0.15) is 126 Å². The Labute approximate surface area is 465 Å². The summed E-state index contributed by atoms with van der Waals surface area (Å²) in [6.45, 7) is 18.6. The van der Waals surface area contributed by atoms with Crippen molar-refractivity contribution in [2.24, 2.45) is 12.5 Å². The third kappa shape index (κ3) is 9.80. The number of nitrogens with one attached hydrogen (secondary N) is 2. The Kier molecular flexibility index (Phi) is 14.3. The number of amides is 6. The van der Waals surface area contributed by atoms with Gasteiger partial charge in [0.15, 0.2) is 5.82 Å². The standard InChI is InChI=1S/C59H73N11O8S/c1-9-49(72)61-43-28-36(60-53-58(78)63(7)32-48(62-53)69-22-10-11-45(51(69)35(4)71)68-24-20-40-39-18-21-59(5,6)30-47(39)79-52(40)57(68)77)12-15-44(43)67-26-25-65(31-34(67)3)37-19-23-66(33(2)27-37)38-13-14-41-42(29-38)55(75)70(54(41)74)46-16-17-50(73)64(8)56(46)76/h9,12-15,28-29,32-35,37,45-46,51,71H,1,10-11,16-27,30-31H2,2-8H3,(H,60,62)(H,61,72)/t33-,34+,35?,37?,45?,46?,51?/m1/s1. The summed E-state index contributed by atoms with van der Waals surface area (Å²) < 4.78 is 1.49.